The van der Waals surface area contributed by atoms with Crippen LogP contribution in [0.15, 0.2) is 34.7 Å². The number of hydrogen-bond donors (Lipinski definition) is 3. The molecule has 3 heterocycles. The first kappa shape index (κ1) is 20.2. The van der Waals surface area contributed by atoms with Crippen LogP contribution in [0.2, 0.25) is 0 Å². The van der Waals surface area contributed by atoms with Crippen LogP contribution in [-0.4, -0.2) is 52.4 Å². The Morgan fingerprint density at radius 1 is 1.30 bits per heavy atom. The highest BCUT2D eigenvalue weighted by Gasteiger charge is 2.32. The molecule has 30 heavy (non-hydrogen) atoms. The normalized spacial score (nSPS) is 17.3. The maximum Gasteiger partial charge on any atom is 0.237 e. The number of H-pyrrole nitrogens is 1. The van der Waals surface area contributed by atoms with Crippen molar-refractivity contribution >= 4 is 22.8 Å². The second kappa shape index (κ2) is 8.71. The highest BCUT2D eigenvalue weighted by molar-refractivity contribution is 5.88. The second-order valence-electron chi connectivity index (χ2n) is 7.75. The van der Waals surface area contributed by atoms with E-state index in [0.29, 0.717) is 32.6 Å². The Hall–Kier alpha value is -3.13. The summed E-state index contributed by atoms with van der Waals surface area (Å²) in [6.07, 6.45) is 0.719. The van der Waals surface area contributed by atoms with Gasteiger partial charge in [-0.3, -0.25) is 14.5 Å². The minimum absolute atomic E-state index is 0.116. The average Bonchev–Trinajstić information content (AvgIpc) is 3.31. The fourth-order valence-corrected chi connectivity index (χ4v) is 3.86. The van der Waals surface area contributed by atoms with Crippen molar-refractivity contribution in [2.75, 3.05) is 19.6 Å². The molecule has 1 fully saturated rings. The van der Waals surface area contributed by atoms with E-state index in [2.05, 4.69) is 20.6 Å². The molecule has 1 atom stereocenters. The van der Waals surface area contributed by atoms with Gasteiger partial charge in [0.2, 0.25) is 11.8 Å². The number of fused-ring (bicyclic) bond motifs is 1. The van der Waals surface area contributed by atoms with E-state index >= 15 is 0 Å². The molecule has 8 nitrogen and oxygen atoms in total. The third-order valence-corrected chi connectivity index (χ3v) is 5.42. The number of nitrogens with zero attached hydrogens (tertiary/aromatic N) is 2. The summed E-state index contributed by atoms with van der Waals surface area (Å²) in [5.41, 5.74) is 3.08. The molecule has 3 N–H and O–H groups in total. The zero-order valence-electron chi connectivity index (χ0n) is 17.3. The van der Waals surface area contributed by atoms with E-state index in [9.17, 15) is 9.59 Å². The van der Waals surface area contributed by atoms with Crippen molar-refractivity contribution in [2.45, 2.75) is 39.3 Å². The van der Waals surface area contributed by atoms with Gasteiger partial charge in [-0.05, 0) is 37.6 Å². The molecule has 0 saturated carbocycles. The van der Waals surface area contributed by atoms with Crippen molar-refractivity contribution in [3.8, 4) is 0 Å². The molecule has 3 aromatic rings. The van der Waals surface area contributed by atoms with Crippen LogP contribution in [-0.2, 0) is 22.6 Å². The molecule has 1 saturated heterocycles. The number of benzene rings is 1. The summed E-state index contributed by atoms with van der Waals surface area (Å²) in [6.45, 7) is 6.14. The molecule has 2 amide bonds. The summed E-state index contributed by atoms with van der Waals surface area (Å²) in [5.74, 6) is 2.21. The molecule has 2 aromatic heterocycles. The van der Waals surface area contributed by atoms with Gasteiger partial charge in [-0.15, -0.1) is 0 Å². The van der Waals surface area contributed by atoms with Gasteiger partial charge >= 0.3 is 0 Å². The highest BCUT2D eigenvalue weighted by Crippen LogP contribution is 2.17. The zero-order valence-corrected chi connectivity index (χ0v) is 17.3. The number of rotatable bonds is 7. The first-order valence-corrected chi connectivity index (χ1v) is 10.3. The third-order valence-electron chi connectivity index (χ3n) is 5.42. The molecule has 158 valence electrons. The third kappa shape index (κ3) is 4.54. The van der Waals surface area contributed by atoms with Gasteiger partial charge in [-0.1, -0.05) is 12.1 Å². The molecular weight excluding hydrogens is 382 g/mol. The Morgan fingerprint density at radius 3 is 2.93 bits per heavy atom. The molecular formula is C22H27N5O3. The Labute approximate surface area is 175 Å². The fourth-order valence-electron chi connectivity index (χ4n) is 3.86. The van der Waals surface area contributed by atoms with E-state index in [1.807, 2.05) is 49.1 Å². The van der Waals surface area contributed by atoms with Crippen LogP contribution in [0.5, 0.6) is 0 Å². The van der Waals surface area contributed by atoms with Crippen molar-refractivity contribution in [1.82, 2.24) is 25.5 Å². The highest BCUT2D eigenvalue weighted by atomic mass is 16.3. The number of furan rings is 1. The summed E-state index contributed by atoms with van der Waals surface area (Å²) in [7, 11) is 0. The summed E-state index contributed by atoms with van der Waals surface area (Å²) in [5, 5.41) is 5.77. The number of piperazine rings is 1. The second-order valence-corrected chi connectivity index (χ2v) is 7.75. The number of nitrogens with one attached hydrogen (secondary N) is 3. The fraction of sp³-hybridized carbons (Fsp3) is 0.409. The van der Waals surface area contributed by atoms with E-state index in [1.165, 1.54) is 0 Å². The predicted molar refractivity (Wildman–Crippen MR) is 113 cm³/mol. The number of para-hydroxylation sites is 1. The number of aromatic nitrogens is 2. The standard InChI is InChI=1S/C22H27N5O3/c1-14-4-3-5-17-21(14)26-19(25-17)8-9-23-20(28)12-18-22(29)24-10-11-27(18)13-16-7-6-15(2)30-16/h3-7,18H,8-13H2,1-2H3,(H,23,28)(H,24,29)(H,25,26). The van der Waals surface area contributed by atoms with Crippen molar-refractivity contribution in [2.24, 2.45) is 0 Å². The van der Waals surface area contributed by atoms with Crippen molar-refractivity contribution in [1.29, 1.82) is 0 Å². The molecule has 1 aliphatic rings. The first-order chi connectivity index (χ1) is 14.5. The Balaban J connectivity index is 1.31. The van der Waals surface area contributed by atoms with E-state index in [1.54, 1.807) is 0 Å². The smallest absolute Gasteiger partial charge is 0.237 e. The lowest BCUT2D eigenvalue weighted by atomic mass is 10.1. The van der Waals surface area contributed by atoms with Gasteiger partial charge < -0.3 is 20.0 Å². The van der Waals surface area contributed by atoms with Crippen LogP contribution in [0.4, 0.5) is 0 Å². The quantitative estimate of drug-likeness (QED) is 0.552. The number of hydrogen-bond acceptors (Lipinski definition) is 5. The molecule has 1 unspecified atom stereocenters. The van der Waals surface area contributed by atoms with Crippen molar-refractivity contribution < 1.29 is 14.0 Å². The molecule has 0 aliphatic carbocycles. The summed E-state index contributed by atoms with van der Waals surface area (Å²) in [4.78, 5) is 34.8. The van der Waals surface area contributed by atoms with Crippen LogP contribution in [0.1, 0.15) is 29.3 Å². The Bertz CT molecular complexity index is 1050. The SMILES string of the molecule is Cc1ccc(CN2CCNC(=O)C2CC(=O)NCCc2nc3c(C)cccc3[nH]2)o1. The van der Waals surface area contributed by atoms with E-state index in [-0.39, 0.29) is 18.2 Å². The van der Waals surface area contributed by atoms with Crippen LogP contribution >= 0.6 is 0 Å². The number of amides is 2. The van der Waals surface area contributed by atoms with Crippen LogP contribution in [0.25, 0.3) is 11.0 Å². The van der Waals surface area contributed by atoms with E-state index < -0.39 is 6.04 Å². The molecule has 8 heteroatoms. The van der Waals surface area contributed by atoms with Crippen LogP contribution in [0.3, 0.4) is 0 Å². The average molecular weight is 409 g/mol. The molecule has 0 spiro atoms. The molecule has 1 aliphatic heterocycles. The van der Waals surface area contributed by atoms with Crippen molar-refractivity contribution in [3.05, 3.63) is 53.2 Å². The van der Waals surface area contributed by atoms with E-state index in [0.717, 1.165) is 33.9 Å². The summed E-state index contributed by atoms with van der Waals surface area (Å²) in [6, 6.07) is 9.33. The lowest BCUT2D eigenvalue weighted by Gasteiger charge is -2.34. The van der Waals surface area contributed by atoms with Crippen molar-refractivity contribution in [3.63, 3.8) is 0 Å². The van der Waals surface area contributed by atoms with Gasteiger partial charge in [0.15, 0.2) is 0 Å². The van der Waals surface area contributed by atoms with Gasteiger partial charge in [-0.25, -0.2) is 4.98 Å². The summed E-state index contributed by atoms with van der Waals surface area (Å²) >= 11 is 0. The zero-order chi connectivity index (χ0) is 21.1. The van der Waals surface area contributed by atoms with Gasteiger partial charge in [0.1, 0.15) is 17.3 Å². The first-order valence-electron chi connectivity index (χ1n) is 10.3. The van der Waals surface area contributed by atoms with E-state index in [4.69, 9.17) is 4.42 Å². The maximum atomic E-state index is 12.5. The number of aromatic amines is 1. The number of aryl methyl sites for hydroxylation is 2. The van der Waals surface area contributed by atoms with Gasteiger partial charge in [0, 0.05) is 26.1 Å². The topological polar surface area (TPSA) is 103 Å². The number of carbonyl (C=O) groups excluding carboxylic acids is 2. The maximum absolute atomic E-state index is 12.5. The largest absolute Gasteiger partial charge is 0.465 e. The van der Waals surface area contributed by atoms with Crippen LogP contribution < -0.4 is 10.6 Å². The monoisotopic (exact) mass is 409 g/mol. The van der Waals surface area contributed by atoms with Crippen LogP contribution in [0, 0.1) is 13.8 Å². The minimum Gasteiger partial charge on any atom is -0.465 e. The van der Waals surface area contributed by atoms with Gasteiger partial charge in [-0.2, -0.15) is 0 Å². The Morgan fingerprint density at radius 2 is 2.17 bits per heavy atom. The molecule has 4 rings (SSSR count). The Kier molecular flexibility index (Phi) is 5.85. The molecule has 1 aromatic carbocycles. The predicted octanol–water partition coefficient (Wildman–Crippen LogP) is 1.82. The molecule has 0 radical (unpaired) electrons. The lowest BCUT2D eigenvalue weighted by molar-refractivity contribution is -0.134. The van der Waals surface area contributed by atoms with Gasteiger partial charge in [0.25, 0.3) is 0 Å². The minimum atomic E-state index is -0.502. The number of imidazole rings is 1. The lowest BCUT2D eigenvalue weighted by Crippen LogP contribution is -2.56. The molecule has 0 bridgehead atoms. The summed E-state index contributed by atoms with van der Waals surface area (Å²) < 4.78 is 5.64. The number of carbonyl (C=O) groups is 2. The van der Waals surface area contributed by atoms with Gasteiger partial charge in [0.05, 0.1) is 30.0 Å².